The van der Waals surface area contributed by atoms with E-state index in [2.05, 4.69) is 60.9 Å². The lowest BCUT2D eigenvalue weighted by Crippen LogP contribution is -2.19. The van der Waals surface area contributed by atoms with Crippen molar-refractivity contribution in [2.75, 3.05) is 41.2 Å². The number of fused-ring (bicyclic) bond motifs is 3. The fourth-order valence-corrected chi connectivity index (χ4v) is 8.64. The van der Waals surface area contributed by atoms with Gasteiger partial charge in [0.15, 0.2) is 0 Å². The van der Waals surface area contributed by atoms with E-state index in [9.17, 15) is 30.7 Å². The largest absolute Gasteiger partial charge is 0.508 e. The molecule has 3 heterocycles. The predicted octanol–water partition coefficient (Wildman–Crippen LogP) is 14.6. The Balaban J connectivity index is 0.000000204. The molecule has 0 saturated carbocycles. The Kier molecular flexibility index (Phi) is 28.8. The highest BCUT2D eigenvalue weighted by Gasteiger charge is 2.25. The molecule has 434 valence electrons. The zero-order valence-electron chi connectivity index (χ0n) is 44.2. The molecule has 0 aliphatic carbocycles. The molecule has 3 unspecified atom stereocenters. The normalized spacial score (nSPS) is 14.5. The van der Waals surface area contributed by atoms with Gasteiger partial charge in [0.1, 0.15) is 93.5 Å². The van der Waals surface area contributed by atoms with E-state index in [4.69, 9.17) is 48.8 Å². The number of ether oxygens (including phenoxy) is 6. The zero-order valence-corrected chi connectivity index (χ0v) is 49.0. The molecule has 0 saturated heterocycles. The van der Waals surface area contributed by atoms with Crippen LogP contribution in [0.5, 0.6) is 34.5 Å². The Hall–Kier alpha value is -6.39. The lowest BCUT2D eigenvalue weighted by Gasteiger charge is -2.08. The van der Waals surface area contributed by atoms with Crippen molar-refractivity contribution in [1.29, 1.82) is 0 Å². The van der Waals surface area contributed by atoms with Crippen LogP contribution in [0.3, 0.4) is 0 Å². The van der Waals surface area contributed by atoms with Gasteiger partial charge < -0.3 is 48.8 Å². The van der Waals surface area contributed by atoms with Gasteiger partial charge in [0, 0.05) is 69.9 Å². The molecule has 20 heteroatoms. The number of allylic oxidation sites excluding steroid dienone is 2. The number of aliphatic hydroxyl groups excluding tert-OH is 2. The maximum atomic E-state index is 13.1. The van der Waals surface area contributed by atoms with Crippen LogP contribution in [-0.2, 0) is 48.2 Å². The first-order chi connectivity index (χ1) is 38.7. The number of phenolic OH excluding ortho intramolecular Hbond substituents is 2. The first-order valence-corrected chi connectivity index (χ1v) is 27.0. The molecule has 81 heavy (non-hydrogen) atoms. The highest BCUT2D eigenvalue weighted by Crippen LogP contribution is 2.34. The number of aliphatic hydroxyl groups is 2. The molecule has 0 spiro atoms. The third-order valence-electron chi connectivity index (χ3n) is 11.4. The second-order valence-corrected chi connectivity index (χ2v) is 20.1. The minimum absolute atomic E-state index is 0.00935. The summed E-state index contributed by atoms with van der Waals surface area (Å²) < 4.78 is 121. The van der Waals surface area contributed by atoms with Crippen LogP contribution in [0.4, 0.5) is 30.7 Å². The number of hydrogen-bond donors (Lipinski definition) is 4. The van der Waals surface area contributed by atoms with Crippen molar-refractivity contribution in [2.45, 2.75) is 57.0 Å². The number of phenols is 2. The topological polar surface area (TPSA) is 136 Å². The van der Waals surface area contributed by atoms with Crippen LogP contribution < -0.4 is 18.9 Å². The first-order valence-electron chi connectivity index (χ1n) is 24.6. The number of hydrogen-bond acceptors (Lipinski definition) is 10. The van der Waals surface area contributed by atoms with E-state index < -0.39 is 11.6 Å². The fourth-order valence-electron chi connectivity index (χ4n) is 7.59. The van der Waals surface area contributed by atoms with E-state index in [0.29, 0.717) is 75.5 Å². The van der Waals surface area contributed by atoms with Gasteiger partial charge in [-0.1, -0.05) is 36.4 Å². The molecule has 3 aliphatic rings. The Morgan fingerprint density at radius 3 is 1.40 bits per heavy atom. The molecular formula is C61H60Br3F7O10. The van der Waals surface area contributed by atoms with Gasteiger partial charge in [-0.05, 0) is 155 Å². The molecule has 7 aromatic carbocycles. The standard InChI is InChI=1S/C10H10BrFO2.C10H11FO2.C10H11FO.C9H9FO2.C9H9FO.C7H6BrFO.C6H4BrFO/c1-13-5-7-2-6-3-8(11)9(12)4-10(6)14-7;1-12-6-9-4-7-2-3-8(11)5-10(7)13-9;1-2-3-8-4-5-10(11)6-9(8)7-12;10-7-2-1-6-3-8(5-11)12-9(6)4-7;1-2-3-7-4-5-8(10)6-9(7)11;1-10-7-4-5(9)2-3-6(7)8;7-5-2-1-4(8)3-6(5)9/h3-4,7H,2,5H2,1H3;2-3,5,9H,4,6H2,1H3;2,4-6,12H,1,3,7H2;1-2,4,8,11H,3,5H2;2,4-6,11H,1,3H2;2-4H,1H3;1-3,9H. The van der Waals surface area contributed by atoms with Crippen molar-refractivity contribution in [3.63, 3.8) is 0 Å². The monoisotopic (exact) mass is 1320 g/mol. The Labute approximate surface area is 491 Å². The number of methoxy groups -OCH3 is 3. The summed E-state index contributed by atoms with van der Waals surface area (Å²) >= 11 is 9.36. The van der Waals surface area contributed by atoms with E-state index in [1.54, 1.807) is 62.8 Å². The van der Waals surface area contributed by atoms with Crippen LogP contribution >= 0.6 is 47.8 Å². The van der Waals surface area contributed by atoms with Gasteiger partial charge in [-0.25, -0.2) is 30.7 Å². The lowest BCUT2D eigenvalue weighted by molar-refractivity contribution is 0.0950. The van der Waals surface area contributed by atoms with Crippen LogP contribution in [0.25, 0.3) is 0 Å². The Bertz CT molecular complexity index is 3100. The molecule has 0 aromatic heterocycles. The van der Waals surface area contributed by atoms with Gasteiger partial charge >= 0.3 is 0 Å². The summed E-state index contributed by atoms with van der Waals surface area (Å²) in [4.78, 5) is 0. The fraction of sp³-hybridized carbons (Fsp3) is 0.246. The highest BCUT2D eigenvalue weighted by molar-refractivity contribution is 9.11. The molecule has 3 aliphatic heterocycles. The van der Waals surface area contributed by atoms with E-state index in [-0.39, 0.29) is 72.1 Å². The van der Waals surface area contributed by atoms with Gasteiger partial charge in [-0.3, -0.25) is 0 Å². The number of aromatic hydroxyl groups is 2. The van der Waals surface area contributed by atoms with Crippen molar-refractivity contribution in [1.82, 2.24) is 0 Å². The highest BCUT2D eigenvalue weighted by atomic mass is 79.9. The molecule has 0 amide bonds. The van der Waals surface area contributed by atoms with Crippen molar-refractivity contribution in [3.05, 3.63) is 234 Å². The quantitative estimate of drug-likeness (QED) is 0.0732. The molecular weight excluding hydrogens is 1270 g/mol. The molecule has 10 nitrogen and oxygen atoms in total. The number of rotatable bonds is 11. The maximum absolute atomic E-state index is 13.1. The van der Waals surface area contributed by atoms with Gasteiger partial charge in [-0.2, -0.15) is 0 Å². The van der Waals surface area contributed by atoms with Crippen LogP contribution in [0.1, 0.15) is 33.4 Å². The predicted molar refractivity (Wildman–Crippen MR) is 307 cm³/mol. The summed E-state index contributed by atoms with van der Waals surface area (Å²) in [6, 6.07) is 28.7. The number of halogens is 10. The second-order valence-electron chi connectivity index (χ2n) is 17.5. The summed E-state index contributed by atoms with van der Waals surface area (Å²) in [7, 11) is 4.76. The first kappa shape index (κ1) is 67.1. The van der Waals surface area contributed by atoms with Crippen molar-refractivity contribution in [2.24, 2.45) is 0 Å². The third-order valence-corrected chi connectivity index (χ3v) is 13.4. The van der Waals surface area contributed by atoms with E-state index >= 15 is 0 Å². The maximum Gasteiger partial charge on any atom is 0.141 e. The minimum Gasteiger partial charge on any atom is -0.508 e. The molecule has 0 fully saturated rings. The molecule has 0 radical (unpaired) electrons. The van der Waals surface area contributed by atoms with E-state index in [1.165, 1.54) is 79.9 Å². The van der Waals surface area contributed by atoms with Gasteiger partial charge in [0.25, 0.3) is 0 Å². The van der Waals surface area contributed by atoms with Crippen LogP contribution in [0.2, 0.25) is 0 Å². The average molecular weight is 1330 g/mol. The van der Waals surface area contributed by atoms with Crippen molar-refractivity contribution in [3.8, 4) is 34.5 Å². The minimum atomic E-state index is -0.435. The number of benzene rings is 7. The van der Waals surface area contributed by atoms with Crippen LogP contribution in [0, 0.1) is 40.7 Å². The molecule has 4 N–H and O–H groups in total. The summed E-state index contributed by atoms with van der Waals surface area (Å²) in [5.41, 5.74) is 5.31. The van der Waals surface area contributed by atoms with Gasteiger partial charge in [0.2, 0.25) is 0 Å². The second kappa shape index (κ2) is 34.8. The summed E-state index contributed by atoms with van der Waals surface area (Å²) in [5.74, 6) is -0.0207. The van der Waals surface area contributed by atoms with Crippen LogP contribution in [0.15, 0.2) is 160 Å². The van der Waals surface area contributed by atoms with E-state index in [0.717, 1.165) is 51.7 Å². The zero-order chi connectivity index (χ0) is 59.6. The molecule has 7 aromatic rings. The Morgan fingerprint density at radius 2 is 0.914 bits per heavy atom. The average Bonchev–Trinajstić information content (AvgIpc) is 4.29. The molecule has 10 rings (SSSR count). The summed E-state index contributed by atoms with van der Waals surface area (Å²) in [6.45, 7) is 8.04. The Morgan fingerprint density at radius 1 is 0.481 bits per heavy atom. The molecule has 0 bridgehead atoms. The van der Waals surface area contributed by atoms with Gasteiger partial charge in [0.05, 0.1) is 47.0 Å². The smallest absolute Gasteiger partial charge is 0.141 e. The van der Waals surface area contributed by atoms with Crippen molar-refractivity contribution < 1.29 is 79.6 Å². The van der Waals surface area contributed by atoms with Crippen molar-refractivity contribution >= 4 is 47.8 Å². The lowest BCUT2D eigenvalue weighted by atomic mass is 10.1. The van der Waals surface area contributed by atoms with Crippen LogP contribution in [-0.4, -0.2) is 79.9 Å². The summed E-state index contributed by atoms with van der Waals surface area (Å²) in [6.07, 6.45) is 6.74. The van der Waals surface area contributed by atoms with E-state index in [1.807, 2.05) is 0 Å². The third kappa shape index (κ3) is 22.5. The SMILES string of the molecule is C=CCc1ccc(F)cc1CO.C=CCc1ccc(F)cc1O.COCC1Cc2cc(Br)c(F)cc2O1.COCC1Cc2ccc(F)cc2O1.COc1cc(F)ccc1Br.OCC1Cc2ccc(F)cc2O1.Oc1cc(F)ccc1Br. The van der Waals surface area contributed by atoms with Gasteiger partial charge in [-0.15, -0.1) is 13.2 Å². The molecule has 3 atom stereocenters. The summed E-state index contributed by atoms with van der Waals surface area (Å²) in [5, 5.41) is 35.6.